The van der Waals surface area contributed by atoms with Crippen LogP contribution in [0, 0.1) is 5.92 Å². The van der Waals surface area contributed by atoms with Gasteiger partial charge in [-0.15, -0.1) is 0 Å². The van der Waals surface area contributed by atoms with Crippen molar-refractivity contribution in [2.24, 2.45) is 5.92 Å². The number of pyridine rings is 1. The van der Waals surface area contributed by atoms with Crippen LogP contribution >= 0.6 is 0 Å². The number of sulfonamides is 1. The largest absolute Gasteiger partial charge is 0.307 e. The van der Waals surface area contributed by atoms with E-state index in [4.69, 9.17) is 0 Å². The fraction of sp³-hybridized carbons (Fsp3) is 0.643. The fourth-order valence-electron chi connectivity index (χ4n) is 2.73. The fourth-order valence-corrected chi connectivity index (χ4v) is 3.67. The van der Waals surface area contributed by atoms with Gasteiger partial charge in [0.25, 0.3) is 0 Å². The summed E-state index contributed by atoms with van der Waals surface area (Å²) in [7, 11) is -3.07. The average Bonchev–Trinajstić information content (AvgIpc) is 2.41. The van der Waals surface area contributed by atoms with Crippen molar-refractivity contribution in [1.82, 2.24) is 14.6 Å². The first kappa shape index (κ1) is 15.4. The van der Waals surface area contributed by atoms with E-state index in [9.17, 15) is 8.42 Å². The highest BCUT2D eigenvalue weighted by Gasteiger charge is 2.30. The van der Waals surface area contributed by atoms with Crippen LogP contribution in [0.4, 0.5) is 0 Å². The maximum absolute atomic E-state index is 11.6. The second kappa shape index (κ2) is 6.20. The Labute approximate surface area is 121 Å². The average molecular weight is 297 g/mol. The van der Waals surface area contributed by atoms with Gasteiger partial charge >= 0.3 is 0 Å². The molecule has 1 aromatic rings. The monoisotopic (exact) mass is 297 g/mol. The number of rotatable bonds is 4. The minimum absolute atomic E-state index is 0.246. The molecule has 1 aliphatic rings. The van der Waals surface area contributed by atoms with Gasteiger partial charge in [0.1, 0.15) is 0 Å². The number of piperidine rings is 1. The summed E-state index contributed by atoms with van der Waals surface area (Å²) in [6.45, 7) is 5.43. The van der Waals surface area contributed by atoms with Crippen LogP contribution in [0.15, 0.2) is 24.5 Å². The molecule has 0 spiro atoms. The van der Waals surface area contributed by atoms with E-state index in [1.807, 2.05) is 12.1 Å². The van der Waals surface area contributed by atoms with Crippen LogP contribution in [0.25, 0.3) is 0 Å². The van der Waals surface area contributed by atoms with Gasteiger partial charge in [0.05, 0.1) is 6.26 Å². The van der Waals surface area contributed by atoms with E-state index < -0.39 is 10.0 Å². The summed E-state index contributed by atoms with van der Waals surface area (Å²) in [5, 5.41) is 3.61. The standard InChI is InChI=1S/C14H23N3O2S/c1-11-10-17(20(3,18)19)9-6-14(11)16-12(2)13-4-7-15-8-5-13/h4-5,7-8,11-12,14,16H,6,9-10H2,1-3H3/t11-,12-,14-/m0/s1. The van der Waals surface area contributed by atoms with Crippen molar-refractivity contribution in [2.45, 2.75) is 32.4 Å². The molecule has 5 nitrogen and oxygen atoms in total. The molecular weight excluding hydrogens is 274 g/mol. The molecule has 6 heteroatoms. The van der Waals surface area contributed by atoms with Crippen molar-refractivity contribution in [3.05, 3.63) is 30.1 Å². The summed E-state index contributed by atoms with van der Waals surface area (Å²) < 4.78 is 24.7. The third-order valence-corrected chi connectivity index (χ3v) is 5.28. The SMILES string of the molecule is C[C@H](N[C@H]1CCN(S(C)(=O)=O)C[C@@H]1C)c1ccncc1. The molecule has 0 amide bonds. The topological polar surface area (TPSA) is 62.3 Å². The first-order valence-electron chi connectivity index (χ1n) is 6.99. The molecular formula is C14H23N3O2S. The predicted octanol–water partition coefficient (Wildman–Crippen LogP) is 1.40. The zero-order valence-electron chi connectivity index (χ0n) is 12.3. The molecule has 3 atom stereocenters. The van der Waals surface area contributed by atoms with Crippen molar-refractivity contribution in [1.29, 1.82) is 0 Å². The first-order valence-corrected chi connectivity index (χ1v) is 8.84. The van der Waals surface area contributed by atoms with E-state index in [0.717, 1.165) is 6.42 Å². The lowest BCUT2D eigenvalue weighted by atomic mass is 9.94. The van der Waals surface area contributed by atoms with Crippen LogP contribution in [0.3, 0.4) is 0 Å². The van der Waals surface area contributed by atoms with E-state index in [1.165, 1.54) is 11.8 Å². The lowest BCUT2D eigenvalue weighted by molar-refractivity contribution is 0.210. The quantitative estimate of drug-likeness (QED) is 0.912. The van der Waals surface area contributed by atoms with Crippen LogP contribution in [0.1, 0.15) is 31.9 Å². The molecule has 20 heavy (non-hydrogen) atoms. The Hall–Kier alpha value is -0.980. The molecule has 2 rings (SSSR count). The second-order valence-electron chi connectivity index (χ2n) is 5.66. The van der Waals surface area contributed by atoms with Crippen LogP contribution in [0.2, 0.25) is 0 Å². The van der Waals surface area contributed by atoms with Gasteiger partial charge in [-0.1, -0.05) is 6.92 Å². The molecule has 1 aromatic heterocycles. The van der Waals surface area contributed by atoms with Gasteiger partial charge in [-0.25, -0.2) is 12.7 Å². The molecule has 0 radical (unpaired) electrons. The Kier molecular flexibility index (Phi) is 4.78. The van der Waals surface area contributed by atoms with Gasteiger partial charge in [-0.05, 0) is 37.0 Å². The maximum atomic E-state index is 11.6. The minimum atomic E-state index is -3.07. The Balaban J connectivity index is 1.95. The Morgan fingerprint density at radius 2 is 2.05 bits per heavy atom. The summed E-state index contributed by atoms with van der Waals surface area (Å²) in [6, 6.07) is 4.61. The normalized spacial score (nSPS) is 26.4. The van der Waals surface area contributed by atoms with Gasteiger partial charge in [0.2, 0.25) is 10.0 Å². The molecule has 1 N–H and O–H groups in total. The van der Waals surface area contributed by atoms with Crippen molar-refractivity contribution in [3.63, 3.8) is 0 Å². The third-order valence-electron chi connectivity index (χ3n) is 4.01. The zero-order chi connectivity index (χ0) is 14.8. The van der Waals surface area contributed by atoms with Gasteiger partial charge < -0.3 is 5.32 Å². The van der Waals surface area contributed by atoms with Crippen LogP contribution in [-0.2, 0) is 10.0 Å². The smallest absolute Gasteiger partial charge is 0.211 e. The molecule has 112 valence electrons. The number of nitrogens with zero attached hydrogens (tertiary/aromatic N) is 2. The van der Waals surface area contributed by atoms with Crippen LogP contribution < -0.4 is 5.32 Å². The molecule has 0 aromatic carbocycles. The van der Waals surface area contributed by atoms with Gasteiger partial charge in [0.15, 0.2) is 0 Å². The highest BCUT2D eigenvalue weighted by atomic mass is 32.2. The number of nitrogens with one attached hydrogen (secondary N) is 1. The minimum Gasteiger partial charge on any atom is -0.307 e. The van der Waals surface area contributed by atoms with Crippen LogP contribution in [0.5, 0.6) is 0 Å². The van der Waals surface area contributed by atoms with Crippen molar-refractivity contribution in [2.75, 3.05) is 19.3 Å². The summed E-state index contributed by atoms with van der Waals surface area (Å²) in [5.74, 6) is 0.308. The first-order chi connectivity index (χ1) is 9.38. The number of aromatic nitrogens is 1. The zero-order valence-corrected chi connectivity index (χ0v) is 13.1. The number of hydrogen-bond acceptors (Lipinski definition) is 4. The molecule has 0 bridgehead atoms. The second-order valence-corrected chi connectivity index (χ2v) is 7.64. The predicted molar refractivity (Wildman–Crippen MR) is 79.8 cm³/mol. The molecule has 0 saturated carbocycles. The van der Waals surface area contributed by atoms with E-state index in [-0.39, 0.29) is 6.04 Å². The van der Waals surface area contributed by atoms with Gasteiger partial charge in [-0.3, -0.25) is 4.98 Å². The lowest BCUT2D eigenvalue weighted by Gasteiger charge is -2.37. The molecule has 1 fully saturated rings. The van der Waals surface area contributed by atoms with E-state index >= 15 is 0 Å². The van der Waals surface area contributed by atoms with E-state index in [1.54, 1.807) is 16.7 Å². The summed E-state index contributed by atoms with van der Waals surface area (Å²) in [4.78, 5) is 4.03. The van der Waals surface area contributed by atoms with Crippen LogP contribution in [-0.4, -0.2) is 43.1 Å². The highest BCUT2D eigenvalue weighted by Crippen LogP contribution is 2.22. The number of hydrogen-bond donors (Lipinski definition) is 1. The Bertz CT molecular complexity index is 533. The molecule has 0 aliphatic carbocycles. The summed E-state index contributed by atoms with van der Waals surface area (Å²) in [6.07, 6.45) is 5.73. The Morgan fingerprint density at radius 1 is 1.40 bits per heavy atom. The summed E-state index contributed by atoms with van der Waals surface area (Å²) in [5.41, 5.74) is 1.21. The van der Waals surface area contributed by atoms with Gasteiger partial charge in [-0.2, -0.15) is 0 Å². The summed E-state index contributed by atoms with van der Waals surface area (Å²) >= 11 is 0. The van der Waals surface area contributed by atoms with Crippen molar-refractivity contribution < 1.29 is 8.42 Å². The van der Waals surface area contributed by atoms with E-state index in [2.05, 4.69) is 24.1 Å². The van der Waals surface area contributed by atoms with Crippen molar-refractivity contribution >= 4 is 10.0 Å². The molecule has 0 unspecified atom stereocenters. The molecule has 1 aliphatic heterocycles. The molecule has 2 heterocycles. The van der Waals surface area contributed by atoms with Gasteiger partial charge in [0, 0.05) is 37.6 Å². The maximum Gasteiger partial charge on any atom is 0.211 e. The lowest BCUT2D eigenvalue weighted by Crippen LogP contribution is -2.50. The third kappa shape index (κ3) is 3.77. The van der Waals surface area contributed by atoms with Crippen molar-refractivity contribution in [3.8, 4) is 0 Å². The van der Waals surface area contributed by atoms with E-state index in [0.29, 0.717) is 25.0 Å². The highest BCUT2D eigenvalue weighted by molar-refractivity contribution is 7.88. The molecule has 1 saturated heterocycles. The Morgan fingerprint density at radius 3 is 2.60 bits per heavy atom.